The summed E-state index contributed by atoms with van der Waals surface area (Å²) in [6, 6.07) is 0. The van der Waals surface area contributed by atoms with Crippen LogP contribution in [0.5, 0.6) is 5.75 Å². The van der Waals surface area contributed by atoms with Crippen LogP contribution in [0.1, 0.15) is 10.5 Å². The van der Waals surface area contributed by atoms with E-state index in [1.54, 1.807) is 0 Å². The highest BCUT2D eigenvalue weighted by Gasteiger charge is 2.09. The second-order valence-corrected chi connectivity index (χ2v) is 1.68. The van der Waals surface area contributed by atoms with Crippen LogP contribution >= 0.6 is 0 Å². The van der Waals surface area contributed by atoms with Crippen molar-refractivity contribution in [1.82, 2.24) is 10.2 Å². The molecule has 0 saturated carbocycles. The zero-order valence-corrected chi connectivity index (χ0v) is 5.42. The lowest BCUT2D eigenvalue weighted by Gasteiger charge is -1.94. The summed E-state index contributed by atoms with van der Waals surface area (Å²) in [6.07, 6.45) is 1.39. The topological polar surface area (TPSA) is 81.0 Å². The molecule has 1 heterocycles. The molecule has 0 radical (unpaired) electrons. The summed E-state index contributed by atoms with van der Waals surface area (Å²) in [7, 11) is 1.44. The number of hydrogen-bond donors (Lipinski definition) is 2. The van der Waals surface area contributed by atoms with Crippen molar-refractivity contribution in [2.75, 3.05) is 7.11 Å². The third kappa shape index (κ3) is 0.928. The Kier molecular flexibility index (Phi) is 1.57. The first-order chi connectivity index (χ1) is 4.75. The Bertz CT molecular complexity index is 243. The molecule has 1 rings (SSSR count). The number of ether oxygens (including phenoxy) is 1. The monoisotopic (exact) mass is 141 g/mol. The molecule has 1 aromatic rings. The van der Waals surface area contributed by atoms with E-state index in [1.807, 2.05) is 0 Å². The molecule has 0 bridgehead atoms. The van der Waals surface area contributed by atoms with Crippen LogP contribution in [0.2, 0.25) is 0 Å². The Balaban J connectivity index is 3.01. The Labute approximate surface area is 57.2 Å². The number of primary amides is 1. The molecule has 1 aromatic heterocycles. The molecule has 54 valence electrons. The molecule has 0 fully saturated rings. The lowest BCUT2D eigenvalue weighted by atomic mass is 10.4. The van der Waals surface area contributed by atoms with Crippen molar-refractivity contribution < 1.29 is 9.53 Å². The van der Waals surface area contributed by atoms with Crippen molar-refractivity contribution in [3.8, 4) is 5.75 Å². The van der Waals surface area contributed by atoms with Crippen LogP contribution in [0, 0.1) is 0 Å². The molecule has 5 nitrogen and oxygen atoms in total. The maximum absolute atomic E-state index is 10.5. The number of rotatable bonds is 2. The minimum absolute atomic E-state index is 0.197. The van der Waals surface area contributed by atoms with Crippen LogP contribution in [-0.4, -0.2) is 23.2 Å². The van der Waals surface area contributed by atoms with Gasteiger partial charge < -0.3 is 10.5 Å². The summed E-state index contributed by atoms with van der Waals surface area (Å²) < 4.78 is 4.75. The number of nitrogens with one attached hydrogen (secondary N) is 1. The van der Waals surface area contributed by atoms with Gasteiger partial charge in [0, 0.05) is 0 Å². The number of carbonyl (C=O) groups is 1. The van der Waals surface area contributed by atoms with Crippen LogP contribution in [0.3, 0.4) is 0 Å². The van der Waals surface area contributed by atoms with Crippen molar-refractivity contribution in [3.05, 3.63) is 11.9 Å². The van der Waals surface area contributed by atoms with Gasteiger partial charge in [0.05, 0.1) is 13.3 Å². The fourth-order valence-corrected chi connectivity index (χ4v) is 0.606. The zero-order chi connectivity index (χ0) is 7.56. The minimum atomic E-state index is -0.575. The van der Waals surface area contributed by atoms with Crippen LogP contribution in [-0.2, 0) is 0 Å². The smallest absolute Gasteiger partial charge is 0.270 e. The molecular formula is C5H7N3O2. The van der Waals surface area contributed by atoms with Gasteiger partial charge in [-0.2, -0.15) is 5.10 Å². The van der Waals surface area contributed by atoms with Gasteiger partial charge in [-0.3, -0.25) is 9.89 Å². The molecule has 1 amide bonds. The highest BCUT2D eigenvalue weighted by Crippen LogP contribution is 2.11. The van der Waals surface area contributed by atoms with Crippen molar-refractivity contribution in [2.24, 2.45) is 5.73 Å². The number of nitrogens with zero attached hydrogens (tertiary/aromatic N) is 1. The Morgan fingerprint density at radius 1 is 1.90 bits per heavy atom. The average Bonchev–Trinajstić information content (AvgIpc) is 2.33. The van der Waals surface area contributed by atoms with Gasteiger partial charge >= 0.3 is 0 Å². The van der Waals surface area contributed by atoms with E-state index in [-0.39, 0.29) is 5.69 Å². The molecule has 10 heavy (non-hydrogen) atoms. The van der Waals surface area contributed by atoms with Crippen LogP contribution in [0.15, 0.2) is 6.20 Å². The summed E-state index contributed by atoms with van der Waals surface area (Å²) in [4.78, 5) is 10.5. The summed E-state index contributed by atoms with van der Waals surface area (Å²) in [5.74, 6) is -0.207. The van der Waals surface area contributed by atoms with Crippen LogP contribution < -0.4 is 10.5 Å². The van der Waals surface area contributed by atoms with E-state index in [9.17, 15) is 4.79 Å². The van der Waals surface area contributed by atoms with Gasteiger partial charge in [0.2, 0.25) is 0 Å². The Morgan fingerprint density at radius 2 is 2.60 bits per heavy atom. The highest BCUT2D eigenvalue weighted by atomic mass is 16.5. The molecule has 3 N–H and O–H groups in total. The first kappa shape index (κ1) is 6.60. The van der Waals surface area contributed by atoms with Crippen molar-refractivity contribution in [1.29, 1.82) is 0 Å². The second kappa shape index (κ2) is 2.38. The fourth-order valence-electron chi connectivity index (χ4n) is 0.606. The molecule has 0 aromatic carbocycles. The lowest BCUT2D eigenvalue weighted by molar-refractivity contribution is 0.0992. The van der Waals surface area contributed by atoms with Crippen molar-refractivity contribution in [3.63, 3.8) is 0 Å². The molecular weight excluding hydrogens is 134 g/mol. The SMILES string of the molecule is COc1cn[nH]c1C(N)=O. The molecule has 0 aliphatic rings. The second-order valence-electron chi connectivity index (χ2n) is 1.68. The van der Waals surface area contributed by atoms with Gasteiger partial charge in [-0.1, -0.05) is 0 Å². The number of hydrogen-bond acceptors (Lipinski definition) is 3. The van der Waals surface area contributed by atoms with Crippen molar-refractivity contribution in [2.45, 2.75) is 0 Å². The Hall–Kier alpha value is -1.52. The number of aromatic amines is 1. The first-order valence-corrected chi connectivity index (χ1v) is 2.63. The predicted octanol–water partition coefficient (Wildman–Crippen LogP) is -0.483. The minimum Gasteiger partial charge on any atom is -0.493 e. The van der Waals surface area contributed by atoms with E-state index >= 15 is 0 Å². The molecule has 0 saturated heterocycles. The third-order valence-corrected chi connectivity index (χ3v) is 1.07. The molecule has 0 unspecified atom stereocenters. The normalized spacial score (nSPS) is 9.30. The van der Waals surface area contributed by atoms with Gasteiger partial charge in [0.1, 0.15) is 0 Å². The number of nitrogens with two attached hydrogens (primary N) is 1. The van der Waals surface area contributed by atoms with Gasteiger partial charge in [0.25, 0.3) is 5.91 Å². The van der Waals surface area contributed by atoms with E-state index in [0.717, 1.165) is 0 Å². The summed E-state index contributed by atoms with van der Waals surface area (Å²) in [5, 5.41) is 5.97. The van der Waals surface area contributed by atoms with E-state index in [4.69, 9.17) is 10.5 Å². The lowest BCUT2D eigenvalue weighted by Crippen LogP contribution is -2.12. The molecule has 0 atom stereocenters. The van der Waals surface area contributed by atoms with E-state index < -0.39 is 5.91 Å². The van der Waals surface area contributed by atoms with E-state index in [2.05, 4.69) is 10.2 Å². The quantitative estimate of drug-likeness (QED) is 0.583. The standard InChI is InChI=1S/C5H7N3O2/c1-10-3-2-7-8-4(3)5(6)9/h2H,1H3,(H2,6,9)(H,7,8). The number of amides is 1. The summed E-state index contributed by atoms with van der Waals surface area (Å²) >= 11 is 0. The maximum Gasteiger partial charge on any atom is 0.270 e. The Morgan fingerprint density at radius 3 is 3.00 bits per heavy atom. The molecule has 0 aliphatic carbocycles. The molecule has 0 spiro atoms. The van der Waals surface area contributed by atoms with Gasteiger partial charge in [-0.25, -0.2) is 0 Å². The number of carbonyl (C=O) groups excluding carboxylic acids is 1. The largest absolute Gasteiger partial charge is 0.493 e. The van der Waals surface area contributed by atoms with Crippen LogP contribution in [0.4, 0.5) is 0 Å². The third-order valence-electron chi connectivity index (χ3n) is 1.07. The van der Waals surface area contributed by atoms with Crippen molar-refractivity contribution >= 4 is 5.91 Å². The highest BCUT2D eigenvalue weighted by molar-refractivity contribution is 5.93. The van der Waals surface area contributed by atoms with Gasteiger partial charge in [-0.05, 0) is 0 Å². The fraction of sp³-hybridized carbons (Fsp3) is 0.200. The number of aromatic nitrogens is 2. The number of H-pyrrole nitrogens is 1. The zero-order valence-electron chi connectivity index (χ0n) is 5.42. The predicted molar refractivity (Wildman–Crippen MR) is 33.7 cm³/mol. The maximum atomic E-state index is 10.5. The van der Waals surface area contributed by atoms with Gasteiger partial charge in [0.15, 0.2) is 11.4 Å². The summed E-state index contributed by atoms with van der Waals surface area (Å²) in [5.41, 5.74) is 5.14. The van der Waals surface area contributed by atoms with Gasteiger partial charge in [-0.15, -0.1) is 0 Å². The molecule has 5 heteroatoms. The molecule has 0 aliphatic heterocycles. The summed E-state index contributed by atoms with van der Waals surface area (Å²) in [6.45, 7) is 0. The van der Waals surface area contributed by atoms with E-state index in [0.29, 0.717) is 5.75 Å². The number of methoxy groups -OCH3 is 1. The average molecular weight is 141 g/mol. The van der Waals surface area contributed by atoms with E-state index in [1.165, 1.54) is 13.3 Å². The first-order valence-electron chi connectivity index (χ1n) is 2.63. The van der Waals surface area contributed by atoms with Crippen LogP contribution in [0.25, 0.3) is 0 Å².